The third-order valence-corrected chi connectivity index (χ3v) is 5.51. The molecule has 0 aliphatic carbocycles. The van der Waals surface area contributed by atoms with E-state index in [0.717, 1.165) is 36.8 Å². The normalized spacial score (nSPS) is 16.8. The zero-order chi connectivity index (χ0) is 20.6. The average Bonchev–Trinajstić information content (AvgIpc) is 3.19. The molecule has 4 rings (SSSR count). The molecule has 0 radical (unpaired) electrons. The van der Waals surface area contributed by atoms with Crippen LogP contribution < -0.4 is 10.3 Å². The molecule has 1 saturated heterocycles. The van der Waals surface area contributed by atoms with Gasteiger partial charge in [0, 0.05) is 11.6 Å². The van der Waals surface area contributed by atoms with Gasteiger partial charge in [-0.1, -0.05) is 6.42 Å². The third-order valence-electron chi connectivity index (χ3n) is 5.51. The number of H-pyrrole nitrogens is 1. The molecule has 8 nitrogen and oxygen atoms in total. The van der Waals surface area contributed by atoms with Crippen molar-refractivity contribution in [1.29, 1.82) is 0 Å². The summed E-state index contributed by atoms with van der Waals surface area (Å²) in [7, 11) is 1.62. The topological polar surface area (TPSA) is 88.9 Å². The highest BCUT2D eigenvalue weighted by atomic mass is 16.5. The van der Waals surface area contributed by atoms with E-state index in [9.17, 15) is 4.79 Å². The Morgan fingerprint density at radius 2 is 1.90 bits per heavy atom. The summed E-state index contributed by atoms with van der Waals surface area (Å²) in [6, 6.07) is 7.39. The van der Waals surface area contributed by atoms with Crippen molar-refractivity contribution in [3.05, 3.63) is 46.0 Å². The van der Waals surface area contributed by atoms with Gasteiger partial charge >= 0.3 is 0 Å². The van der Waals surface area contributed by atoms with Crippen LogP contribution in [-0.2, 0) is 5.54 Å². The van der Waals surface area contributed by atoms with Gasteiger partial charge < -0.3 is 9.72 Å². The second kappa shape index (κ2) is 7.59. The Kier molecular flexibility index (Phi) is 5.12. The molecule has 0 amide bonds. The molecule has 1 fully saturated rings. The Morgan fingerprint density at radius 3 is 2.59 bits per heavy atom. The van der Waals surface area contributed by atoms with Crippen LogP contribution in [0, 0.1) is 0 Å². The van der Waals surface area contributed by atoms with Crippen LogP contribution in [0.3, 0.4) is 0 Å². The van der Waals surface area contributed by atoms with E-state index < -0.39 is 0 Å². The number of fused-ring (bicyclic) bond motifs is 1. The lowest BCUT2D eigenvalue weighted by molar-refractivity contribution is 0.170. The number of aromatic nitrogens is 5. The summed E-state index contributed by atoms with van der Waals surface area (Å²) in [5.74, 6) is 1.42. The van der Waals surface area contributed by atoms with Gasteiger partial charge in [-0.05, 0) is 80.7 Å². The van der Waals surface area contributed by atoms with Crippen LogP contribution in [0.15, 0.2) is 29.1 Å². The van der Waals surface area contributed by atoms with Gasteiger partial charge in [-0.3, -0.25) is 9.69 Å². The summed E-state index contributed by atoms with van der Waals surface area (Å²) in [6.45, 7) is 8.04. The number of piperidine rings is 1. The molecule has 8 heteroatoms. The maximum absolute atomic E-state index is 13.2. The van der Waals surface area contributed by atoms with Crippen LogP contribution in [0.4, 0.5) is 0 Å². The number of rotatable bonds is 4. The average molecular weight is 396 g/mol. The Morgan fingerprint density at radius 1 is 1.14 bits per heavy atom. The van der Waals surface area contributed by atoms with Crippen LogP contribution in [0.2, 0.25) is 0 Å². The van der Waals surface area contributed by atoms with Gasteiger partial charge in [-0.15, -0.1) is 5.10 Å². The number of nitrogens with one attached hydrogen (secondary N) is 1. The van der Waals surface area contributed by atoms with Crippen molar-refractivity contribution in [2.75, 3.05) is 20.2 Å². The van der Waals surface area contributed by atoms with Crippen LogP contribution >= 0.6 is 0 Å². The maximum Gasteiger partial charge on any atom is 0.253 e. The minimum atomic E-state index is -0.292. The highest BCUT2D eigenvalue weighted by Gasteiger charge is 2.33. The molecule has 1 aliphatic rings. The molecule has 1 atom stereocenters. The lowest BCUT2D eigenvalue weighted by Gasteiger charge is -2.35. The molecule has 1 aliphatic heterocycles. The molecule has 3 aromatic rings. The van der Waals surface area contributed by atoms with Crippen LogP contribution in [-0.4, -0.2) is 50.3 Å². The van der Waals surface area contributed by atoms with Crippen molar-refractivity contribution in [2.24, 2.45) is 0 Å². The van der Waals surface area contributed by atoms with E-state index in [1.165, 1.54) is 6.42 Å². The number of hydrogen-bond donors (Lipinski definition) is 1. The summed E-state index contributed by atoms with van der Waals surface area (Å²) >= 11 is 0. The molecule has 3 heterocycles. The van der Waals surface area contributed by atoms with Gasteiger partial charge in [0.05, 0.1) is 18.2 Å². The molecule has 0 saturated carbocycles. The van der Waals surface area contributed by atoms with Crippen molar-refractivity contribution in [2.45, 2.75) is 51.6 Å². The Hall–Kier alpha value is -2.74. The van der Waals surface area contributed by atoms with E-state index in [-0.39, 0.29) is 17.1 Å². The smallest absolute Gasteiger partial charge is 0.253 e. The Bertz CT molecular complexity index is 1060. The van der Waals surface area contributed by atoms with Gasteiger partial charge in [0.1, 0.15) is 11.8 Å². The van der Waals surface area contributed by atoms with Crippen molar-refractivity contribution in [3.8, 4) is 5.75 Å². The zero-order valence-corrected chi connectivity index (χ0v) is 17.5. The van der Waals surface area contributed by atoms with E-state index in [1.54, 1.807) is 7.11 Å². The second-order valence-corrected chi connectivity index (χ2v) is 8.63. The molecule has 154 valence electrons. The highest BCUT2D eigenvalue weighted by molar-refractivity contribution is 5.80. The summed E-state index contributed by atoms with van der Waals surface area (Å²) in [4.78, 5) is 18.5. The predicted octanol–water partition coefficient (Wildman–Crippen LogP) is 2.85. The van der Waals surface area contributed by atoms with E-state index in [4.69, 9.17) is 4.74 Å². The number of hydrogen-bond acceptors (Lipinski definition) is 6. The van der Waals surface area contributed by atoms with Gasteiger partial charge in [-0.2, -0.15) is 0 Å². The number of pyridine rings is 1. The Balaban J connectivity index is 1.89. The van der Waals surface area contributed by atoms with Crippen LogP contribution in [0.5, 0.6) is 5.75 Å². The molecular formula is C21H28N6O2. The molecule has 0 spiro atoms. The van der Waals surface area contributed by atoms with Crippen molar-refractivity contribution in [1.82, 2.24) is 30.1 Å². The van der Waals surface area contributed by atoms with E-state index >= 15 is 0 Å². The van der Waals surface area contributed by atoms with Crippen molar-refractivity contribution < 1.29 is 4.74 Å². The first-order valence-electron chi connectivity index (χ1n) is 10.1. The molecule has 2 aromatic heterocycles. The number of nitrogens with zero attached hydrogens (tertiary/aromatic N) is 5. The second-order valence-electron chi connectivity index (χ2n) is 8.63. The van der Waals surface area contributed by atoms with Gasteiger partial charge in [0.15, 0.2) is 5.82 Å². The van der Waals surface area contributed by atoms with E-state index in [2.05, 4.69) is 46.2 Å². The monoisotopic (exact) mass is 396 g/mol. The standard InChI is InChI=1S/C21H28N6O2/c1-21(2,3)27-19(23-24-25-27)18(26-10-6-5-7-11-26)16-12-14-8-9-15(29-4)13-17(14)22-20(16)28/h8-9,12-13,18H,5-7,10-11H2,1-4H3,(H,22,28)/t18-/m1/s1. The minimum absolute atomic E-state index is 0.121. The number of aromatic amines is 1. The SMILES string of the molecule is COc1ccc2cc([C@H](c3nnnn3C(C)(C)C)N3CCCCC3)c(=O)[nH]c2c1. The largest absolute Gasteiger partial charge is 0.497 e. The van der Waals surface area contributed by atoms with E-state index in [0.29, 0.717) is 17.1 Å². The lowest BCUT2D eigenvalue weighted by atomic mass is 9.99. The van der Waals surface area contributed by atoms with Crippen molar-refractivity contribution >= 4 is 10.9 Å². The number of benzene rings is 1. The van der Waals surface area contributed by atoms with Crippen LogP contribution in [0.1, 0.15) is 57.5 Å². The first kappa shape index (κ1) is 19.6. The minimum Gasteiger partial charge on any atom is -0.497 e. The maximum atomic E-state index is 13.2. The first-order chi connectivity index (χ1) is 13.9. The van der Waals surface area contributed by atoms with Crippen molar-refractivity contribution in [3.63, 3.8) is 0 Å². The molecular weight excluding hydrogens is 368 g/mol. The van der Waals surface area contributed by atoms with Crippen LogP contribution in [0.25, 0.3) is 10.9 Å². The molecule has 1 N–H and O–H groups in total. The molecule has 0 unspecified atom stereocenters. The molecule has 1 aromatic carbocycles. The Labute approximate surface area is 169 Å². The summed E-state index contributed by atoms with van der Waals surface area (Å²) in [6.07, 6.45) is 3.42. The summed E-state index contributed by atoms with van der Waals surface area (Å²) in [5, 5.41) is 13.5. The summed E-state index contributed by atoms with van der Waals surface area (Å²) < 4.78 is 7.12. The highest BCUT2D eigenvalue weighted by Crippen LogP contribution is 2.31. The molecule has 29 heavy (non-hydrogen) atoms. The number of likely N-dealkylation sites (tertiary alicyclic amines) is 1. The molecule has 0 bridgehead atoms. The number of ether oxygens (including phenoxy) is 1. The number of methoxy groups -OCH3 is 1. The fourth-order valence-electron chi connectivity index (χ4n) is 4.05. The van der Waals surface area contributed by atoms with Gasteiger partial charge in [-0.25, -0.2) is 4.68 Å². The summed E-state index contributed by atoms with van der Waals surface area (Å²) in [5.41, 5.74) is 1.02. The fraction of sp³-hybridized carbons (Fsp3) is 0.524. The van der Waals surface area contributed by atoms with E-state index in [1.807, 2.05) is 28.9 Å². The fourth-order valence-corrected chi connectivity index (χ4v) is 4.05. The lowest BCUT2D eigenvalue weighted by Crippen LogP contribution is -2.40. The quantitative estimate of drug-likeness (QED) is 0.729. The number of tetrazole rings is 1. The first-order valence-corrected chi connectivity index (χ1v) is 10.1. The third kappa shape index (κ3) is 3.76. The van der Waals surface area contributed by atoms with Gasteiger partial charge in [0.25, 0.3) is 5.56 Å². The predicted molar refractivity (Wildman–Crippen MR) is 111 cm³/mol. The van der Waals surface area contributed by atoms with Gasteiger partial charge in [0.2, 0.25) is 0 Å². The zero-order valence-electron chi connectivity index (χ0n) is 17.5.